The highest BCUT2D eigenvalue weighted by atomic mass is 19.2. The van der Waals surface area contributed by atoms with E-state index in [9.17, 15) is 31.5 Å². The maximum Gasteiger partial charge on any atom is 0.313 e. The molecule has 0 radical (unpaired) electrons. The Kier molecular flexibility index (Phi) is 11.5. The molecule has 0 bridgehead atoms. The van der Waals surface area contributed by atoms with Crippen molar-refractivity contribution in [1.29, 1.82) is 0 Å². The van der Waals surface area contributed by atoms with Gasteiger partial charge < -0.3 is 23.7 Å². The third-order valence-corrected chi connectivity index (χ3v) is 3.45. The van der Waals surface area contributed by atoms with Gasteiger partial charge in [0.25, 0.3) is 0 Å². The second kappa shape index (κ2) is 13.3. The first-order valence-electron chi connectivity index (χ1n) is 9.61. The van der Waals surface area contributed by atoms with E-state index in [0.717, 1.165) is 0 Å². The van der Waals surface area contributed by atoms with Crippen LogP contribution >= 0.6 is 0 Å². The Balaban J connectivity index is 2.11. The van der Waals surface area contributed by atoms with Crippen LogP contribution in [0.5, 0.6) is 5.75 Å². The number of rotatable bonds is 13. The summed E-state index contributed by atoms with van der Waals surface area (Å²) in [4.78, 5) is 23.0. The molecule has 0 amide bonds. The number of hydrogen-bond donors (Lipinski definition) is 0. The van der Waals surface area contributed by atoms with Gasteiger partial charge in [-0.25, -0.2) is 13.2 Å². The molecule has 0 aromatic heterocycles. The number of esters is 2. The van der Waals surface area contributed by atoms with Gasteiger partial charge in [-0.05, 0) is 20.8 Å². The van der Waals surface area contributed by atoms with Gasteiger partial charge in [0.2, 0.25) is 34.8 Å². The molecular weight excluding hydrogens is 447 g/mol. The van der Waals surface area contributed by atoms with E-state index in [2.05, 4.69) is 4.74 Å². The van der Waals surface area contributed by atoms with Crippen LogP contribution in [0.15, 0.2) is 0 Å². The Bertz CT molecular complexity index is 752. The van der Waals surface area contributed by atoms with Gasteiger partial charge >= 0.3 is 11.9 Å². The summed E-state index contributed by atoms with van der Waals surface area (Å²) in [5.74, 6) is -14.5. The van der Waals surface area contributed by atoms with Crippen LogP contribution in [0.4, 0.5) is 22.0 Å². The zero-order valence-electron chi connectivity index (χ0n) is 17.9. The van der Waals surface area contributed by atoms with Gasteiger partial charge in [-0.1, -0.05) is 0 Å². The van der Waals surface area contributed by atoms with Crippen molar-refractivity contribution in [3.8, 4) is 5.75 Å². The van der Waals surface area contributed by atoms with Gasteiger partial charge in [-0.3, -0.25) is 9.59 Å². The van der Waals surface area contributed by atoms with E-state index in [4.69, 9.17) is 18.9 Å². The van der Waals surface area contributed by atoms with Crippen LogP contribution in [0.1, 0.15) is 33.6 Å². The lowest BCUT2D eigenvalue weighted by atomic mass is 10.2. The third-order valence-electron chi connectivity index (χ3n) is 3.45. The molecule has 12 heteroatoms. The monoisotopic (exact) mass is 472 g/mol. The van der Waals surface area contributed by atoms with Gasteiger partial charge in [0.05, 0.1) is 52.5 Å². The third kappa shape index (κ3) is 9.88. The topological polar surface area (TPSA) is 80.3 Å². The smallest absolute Gasteiger partial charge is 0.313 e. The number of benzene rings is 1. The number of halogens is 5. The molecule has 0 aliphatic rings. The maximum atomic E-state index is 13.4. The zero-order chi connectivity index (χ0) is 24.3. The van der Waals surface area contributed by atoms with Crippen molar-refractivity contribution in [3.05, 3.63) is 29.1 Å². The molecule has 0 saturated carbocycles. The summed E-state index contributed by atoms with van der Waals surface area (Å²) >= 11 is 0. The average molecular weight is 472 g/mol. The van der Waals surface area contributed by atoms with E-state index in [1.54, 1.807) is 20.8 Å². The lowest BCUT2D eigenvalue weighted by molar-refractivity contribution is -0.156. The fourth-order valence-corrected chi connectivity index (χ4v) is 2.08. The summed E-state index contributed by atoms with van der Waals surface area (Å²) in [6.45, 7) is 5.89. The van der Waals surface area contributed by atoms with Crippen LogP contribution in [-0.2, 0) is 28.5 Å². The summed E-state index contributed by atoms with van der Waals surface area (Å²) in [5, 5.41) is 0. The highest BCUT2D eigenvalue weighted by Crippen LogP contribution is 2.29. The molecule has 0 N–H and O–H groups in total. The maximum absolute atomic E-state index is 13.4. The molecule has 1 aromatic carbocycles. The highest BCUT2D eigenvalue weighted by molar-refractivity contribution is 5.72. The first kappa shape index (κ1) is 27.7. The fraction of sp³-hybridized carbons (Fsp3) is 0.600. The first-order chi connectivity index (χ1) is 14.9. The molecule has 182 valence electrons. The van der Waals surface area contributed by atoms with Crippen molar-refractivity contribution in [2.45, 2.75) is 39.2 Å². The van der Waals surface area contributed by atoms with Crippen LogP contribution in [0.25, 0.3) is 0 Å². The molecule has 0 saturated heterocycles. The van der Waals surface area contributed by atoms with Crippen molar-refractivity contribution >= 4 is 11.9 Å². The molecule has 0 aliphatic heterocycles. The first-order valence-corrected chi connectivity index (χ1v) is 9.61. The molecule has 0 spiro atoms. The Hall–Kier alpha value is -2.31. The lowest BCUT2D eigenvalue weighted by Gasteiger charge is -2.19. The highest BCUT2D eigenvalue weighted by Gasteiger charge is 2.28. The number of ether oxygens (including phenoxy) is 5. The van der Waals surface area contributed by atoms with Crippen molar-refractivity contribution in [1.82, 2.24) is 0 Å². The van der Waals surface area contributed by atoms with Crippen molar-refractivity contribution in [2.24, 2.45) is 0 Å². The van der Waals surface area contributed by atoms with E-state index >= 15 is 0 Å². The van der Waals surface area contributed by atoms with Gasteiger partial charge in [0, 0.05) is 0 Å². The Morgan fingerprint density at radius 3 is 1.44 bits per heavy atom. The van der Waals surface area contributed by atoms with Crippen molar-refractivity contribution < 1.29 is 55.2 Å². The van der Waals surface area contributed by atoms with E-state index in [1.165, 1.54) is 0 Å². The van der Waals surface area contributed by atoms with Gasteiger partial charge in [0.15, 0.2) is 0 Å². The minimum absolute atomic E-state index is 0.0632. The molecule has 1 rings (SSSR count). The second-order valence-corrected chi connectivity index (χ2v) is 7.30. The molecule has 0 atom stereocenters. The second-order valence-electron chi connectivity index (χ2n) is 7.30. The molecule has 7 nitrogen and oxygen atoms in total. The number of hydrogen-bond acceptors (Lipinski definition) is 7. The fourth-order valence-electron chi connectivity index (χ4n) is 2.08. The molecule has 1 aromatic rings. The van der Waals surface area contributed by atoms with Gasteiger partial charge in [-0.15, -0.1) is 0 Å². The van der Waals surface area contributed by atoms with Crippen LogP contribution < -0.4 is 4.74 Å². The Labute approximate surface area is 181 Å². The van der Waals surface area contributed by atoms with Crippen LogP contribution in [-0.4, -0.2) is 57.2 Å². The lowest BCUT2D eigenvalue weighted by Crippen LogP contribution is -2.24. The average Bonchev–Trinajstić information content (AvgIpc) is 2.71. The van der Waals surface area contributed by atoms with E-state index in [1.807, 2.05) is 0 Å². The van der Waals surface area contributed by atoms with Gasteiger partial charge in [0.1, 0.15) is 5.60 Å². The minimum atomic E-state index is -2.35. The SMILES string of the molecule is CC(C)(C)OC(=O)CCOCCOCCOCCC(=O)Oc1c(F)c(F)c(F)c(F)c1F. The number of carbonyl (C=O) groups is 2. The summed E-state index contributed by atoms with van der Waals surface area (Å²) in [6, 6.07) is 0. The molecule has 0 aliphatic carbocycles. The molecule has 0 fully saturated rings. The van der Waals surface area contributed by atoms with Crippen LogP contribution in [0.2, 0.25) is 0 Å². The molecular formula is C20H25F5O7. The van der Waals surface area contributed by atoms with Crippen LogP contribution in [0.3, 0.4) is 0 Å². The predicted octanol–water partition coefficient (Wildman–Crippen LogP) is 3.46. The quantitative estimate of drug-likeness (QED) is 0.109. The summed E-state index contributed by atoms with van der Waals surface area (Å²) in [6.07, 6.45) is -0.380. The normalized spacial score (nSPS) is 11.5. The van der Waals surface area contributed by atoms with E-state index in [0.29, 0.717) is 0 Å². The molecule has 32 heavy (non-hydrogen) atoms. The molecule has 0 unspecified atom stereocenters. The van der Waals surface area contributed by atoms with E-state index in [-0.39, 0.29) is 52.0 Å². The van der Waals surface area contributed by atoms with Crippen molar-refractivity contribution in [3.63, 3.8) is 0 Å². The largest absolute Gasteiger partial charge is 0.460 e. The minimum Gasteiger partial charge on any atom is -0.460 e. The molecule has 0 heterocycles. The summed E-state index contributed by atoms with van der Waals surface area (Å²) in [5.41, 5.74) is -0.555. The van der Waals surface area contributed by atoms with Crippen LogP contribution in [0, 0.1) is 29.1 Å². The predicted molar refractivity (Wildman–Crippen MR) is 99.4 cm³/mol. The Morgan fingerprint density at radius 1 is 0.625 bits per heavy atom. The standard InChI is InChI=1S/C20H25F5O7/c1-20(2,3)32-13(27)5-7-29-9-11-30-10-8-28-6-4-12(26)31-19-17(24)15(22)14(21)16(23)18(19)25/h4-11H2,1-3H3. The summed E-state index contributed by atoms with van der Waals surface area (Å²) < 4.78 is 90.7. The van der Waals surface area contributed by atoms with Gasteiger partial charge in [-0.2, -0.15) is 8.78 Å². The zero-order valence-corrected chi connectivity index (χ0v) is 17.9. The summed E-state index contributed by atoms with van der Waals surface area (Å²) in [7, 11) is 0. The van der Waals surface area contributed by atoms with E-state index < -0.39 is 52.8 Å². The Morgan fingerprint density at radius 2 is 1.00 bits per heavy atom. The number of carbonyl (C=O) groups excluding carboxylic acids is 2. The van der Waals surface area contributed by atoms with Crippen molar-refractivity contribution in [2.75, 3.05) is 39.6 Å².